The Morgan fingerprint density at radius 2 is 0.987 bits per heavy atom. The van der Waals surface area contributed by atoms with E-state index in [1.807, 2.05) is 39.8 Å². The number of carbonyl (C=O) groups is 4. The highest BCUT2D eigenvalue weighted by atomic mass is 79.9. The lowest BCUT2D eigenvalue weighted by Crippen LogP contribution is -2.62. The SMILES string of the molecule is CC(C)=CCBr.CC(C)=CCOC1=C(C)C2=CC=C3[C@@](C)(CC[C@@]4(C)[C@@H]5C[C@](C)(C(N)=O)CC[C@]5(C)CC[C@]34C)C2=CC1=O.CC1=C(O)C(=O)C=C2C1=CC=C1[C@@]2(C)CC[C@@]2(C)[C@@H]3C[C@](C)(C(N)=O)CC[C@]3(C)CC[C@]12C. The van der Waals surface area contributed by atoms with Gasteiger partial charge in [-0.25, -0.2) is 0 Å². The molecule has 0 aromatic rings. The van der Waals surface area contributed by atoms with Crippen LogP contribution in [0.5, 0.6) is 0 Å². The molecular weight excluding hydrogens is 1020 g/mol. The van der Waals surface area contributed by atoms with Crippen LogP contribution in [0.4, 0.5) is 0 Å². The monoisotopic (exact) mass is 1110 g/mol. The van der Waals surface area contributed by atoms with Gasteiger partial charge in [0.05, 0.1) is 0 Å². The summed E-state index contributed by atoms with van der Waals surface area (Å²) < 4.78 is 5.98. The lowest BCUT2D eigenvalue weighted by molar-refractivity contribution is -0.168. The van der Waals surface area contributed by atoms with E-state index in [4.69, 9.17) is 16.2 Å². The molecule has 10 rings (SSSR count). The zero-order chi connectivity index (χ0) is 57.1. The number of alkyl halides is 1. The van der Waals surface area contributed by atoms with Gasteiger partial charge in [-0.05, 0) is 216 Å². The predicted octanol–water partition coefficient (Wildman–Crippen LogP) is 16.0. The predicted molar refractivity (Wildman–Crippen MR) is 316 cm³/mol. The summed E-state index contributed by atoms with van der Waals surface area (Å²) in [5.74, 6) is 0.632. The van der Waals surface area contributed by atoms with E-state index in [1.165, 1.54) is 28.7 Å². The van der Waals surface area contributed by atoms with E-state index in [2.05, 4.69) is 129 Å². The number of hydrogen-bond donors (Lipinski definition) is 3. The van der Waals surface area contributed by atoms with Crippen LogP contribution < -0.4 is 11.5 Å². The molecule has 0 aliphatic heterocycles. The third-order valence-corrected chi connectivity index (χ3v) is 24.4. The molecule has 0 aromatic carbocycles. The van der Waals surface area contributed by atoms with Gasteiger partial charge in [-0.3, -0.25) is 19.2 Å². The highest BCUT2D eigenvalue weighted by Crippen LogP contribution is 2.77. The number of halogens is 1. The molecule has 2 amide bonds. The van der Waals surface area contributed by atoms with Crippen molar-refractivity contribution < 1.29 is 29.0 Å². The van der Waals surface area contributed by atoms with Crippen LogP contribution >= 0.6 is 15.9 Å². The maximum absolute atomic E-state index is 13.4. The molecule has 5 N–H and O–H groups in total. The number of allylic oxidation sites excluding steroid dienone is 17. The fraction of sp³-hybridized carbons (Fsp3) is 0.647. The molecule has 0 aromatic heterocycles. The maximum atomic E-state index is 13.4. The molecular formula is C68H95BrN2O6. The molecule has 10 aliphatic carbocycles. The van der Waals surface area contributed by atoms with Crippen LogP contribution in [-0.4, -0.2) is 40.4 Å². The summed E-state index contributed by atoms with van der Waals surface area (Å²) >= 11 is 3.27. The van der Waals surface area contributed by atoms with E-state index in [9.17, 15) is 24.3 Å². The van der Waals surface area contributed by atoms with E-state index in [1.54, 1.807) is 6.08 Å². The summed E-state index contributed by atoms with van der Waals surface area (Å²) in [7, 11) is 0. The van der Waals surface area contributed by atoms with Gasteiger partial charge in [0.15, 0.2) is 11.5 Å². The molecule has 0 spiro atoms. The van der Waals surface area contributed by atoms with Crippen LogP contribution in [-0.2, 0) is 23.9 Å². The minimum absolute atomic E-state index is 0.0101. The van der Waals surface area contributed by atoms with Crippen molar-refractivity contribution in [2.45, 2.75) is 201 Å². The molecule has 8 nitrogen and oxygen atoms in total. The van der Waals surface area contributed by atoms with E-state index in [-0.39, 0.29) is 72.5 Å². The van der Waals surface area contributed by atoms with E-state index < -0.39 is 10.8 Å². The number of fused-ring (bicyclic) bond motifs is 14. The minimum atomic E-state index is -0.433. The van der Waals surface area contributed by atoms with Gasteiger partial charge in [0.1, 0.15) is 6.61 Å². The average molecular weight is 1120 g/mol. The number of ketones is 2. The fourth-order valence-corrected chi connectivity index (χ4v) is 18.6. The molecule has 6 fully saturated rings. The van der Waals surface area contributed by atoms with Crippen molar-refractivity contribution in [1.29, 1.82) is 0 Å². The van der Waals surface area contributed by atoms with Gasteiger partial charge in [0.25, 0.3) is 0 Å². The molecule has 0 unspecified atom stereocenters. The number of rotatable bonds is 6. The van der Waals surface area contributed by atoms with Crippen LogP contribution in [0.2, 0.25) is 0 Å². The Morgan fingerprint density at radius 1 is 0.584 bits per heavy atom. The Kier molecular flexibility index (Phi) is 15.1. The zero-order valence-corrected chi connectivity index (χ0v) is 51.7. The first-order valence-corrected chi connectivity index (χ1v) is 30.3. The first kappa shape index (κ1) is 58.9. The zero-order valence-electron chi connectivity index (χ0n) is 50.1. The van der Waals surface area contributed by atoms with Gasteiger partial charge in [0.2, 0.25) is 23.4 Å². The Labute approximate surface area is 471 Å². The van der Waals surface area contributed by atoms with Crippen LogP contribution in [0.3, 0.4) is 0 Å². The lowest BCUT2D eigenvalue weighted by atomic mass is 9.34. The molecule has 9 heteroatoms. The molecule has 6 saturated carbocycles. The normalized spacial score (nSPS) is 41.4. The van der Waals surface area contributed by atoms with Crippen molar-refractivity contribution in [2.24, 2.45) is 77.5 Å². The molecule has 0 radical (unpaired) electrons. The Balaban J connectivity index is 0.000000186. The summed E-state index contributed by atoms with van der Waals surface area (Å²) in [6, 6.07) is 0. The van der Waals surface area contributed by atoms with Crippen molar-refractivity contribution in [3.8, 4) is 0 Å². The summed E-state index contributed by atoms with van der Waals surface area (Å²) in [5.41, 5.74) is 22.7. The van der Waals surface area contributed by atoms with Crippen molar-refractivity contribution >= 4 is 39.3 Å². The maximum Gasteiger partial charge on any atom is 0.223 e. The second kappa shape index (κ2) is 19.8. The average Bonchev–Trinajstić information content (AvgIpc) is 3.37. The second-order valence-corrected chi connectivity index (χ2v) is 29.6. The van der Waals surface area contributed by atoms with E-state index in [0.29, 0.717) is 29.8 Å². The molecule has 0 heterocycles. The van der Waals surface area contributed by atoms with Gasteiger partial charge < -0.3 is 21.3 Å². The number of nitrogens with two attached hydrogens (primary N) is 2. The quantitative estimate of drug-likeness (QED) is 0.178. The third kappa shape index (κ3) is 9.02. The first-order valence-electron chi connectivity index (χ1n) is 29.2. The van der Waals surface area contributed by atoms with Crippen molar-refractivity contribution in [2.75, 3.05) is 11.9 Å². The summed E-state index contributed by atoms with van der Waals surface area (Å²) in [6.45, 7) is 36.2. The molecule has 420 valence electrons. The van der Waals surface area contributed by atoms with E-state index >= 15 is 0 Å². The van der Waals surface area contributed by atoms with Gasteiger partial charge in [-0.15, -0.1) is 0 Å². The first-order chi connectivity index (χ1) is 35.6. The number of ether oxygens (including phenoxy) is 1. The fourth-order valence-electron chi connectivity index (χ4n) is 18.0. The minimum Gasteiger partial charge on any atom is -0.504 e. The Morgan fingerprint density at radius 3 is 1.38 bits per heavy atom. The van der Waals surface area contributed by atoms with Crippen molar-refractivity contribution in [1.82, 2.24) is 0 Å². The second-order valence-electron chi connectivity index (χ2n) is 29.0. The van der Waals surface area contributed by atoms with Crippen LogP contribution in [0.1, 0.15) is 201 Å². The van der Waals surface area contributed by atoms with Gasteiger partial charge >= 0.3 is 0 Å². The van der Waals surface area contributed by atoms with Crippen molar-refractivity contribution in [3.63, 3.8) is 0 Å². The van der Waals surface area contributed by atoms with Gasteiger partial charge in [-0.1, -0.05) is 138 Å². The van der Waals surface area contributed by atoms with Crippen LogP contribution in [0, 0.1) is 66.0 Å². The number of amides is 2. The number of carbonyl (C=O) groups excluding carboxylic acids is 4. The topological polar surface area (TPSA) is 150 Å². The number of aliphatic hydroxyl groups excluding tert-OH is 1. The highest BCUT2D eigenvalue weighted by molar-refractivity contribution is 9.09. The largest absolute Gasteiger partial charge is 0.504 e. The van der Waals surface area contributed by atoms with Gasteiger partial charge in [-0.2, -0.15) is 0 Å². The number of primary amides is 2. The van der Waals surface area contributed by atoms with Crippen LogP contribution in [0.25, 0.3) is 0 Å². The standard InChI is InChI=1S/C34H47NO3.C29H39NO3.C5H9Br/c1-21(2)11-18-38-28-22(3)23-9-10-26-32(6,24(23)19-25(28)36)15-17-34(8)27-20-31(5,29(35)37)13-12-30(27,4)14-16-33(26,34)7;1-17-18-7-8-21-27(4,19(18)15-20(31)23(17)32)12-14-29(6)22-16-26(3,24(30)33)10-9-25(22,2)11-13-28(21,29)5;1-5(2)3-4-6/h9-11,19,27H,12-18,20H2,1-8H3,(H2,35,37);7-8,15,22,32H,9-14,16H2,1-6H3,(H2,30,33);3H,4H2,1-2H3/t27-,30-,31-,32+,33-,34+;22-,25-,26-,27+,28-,29+;/m11./s1. The van der Waals surface area contributed by atoms with Crippen LogP contribution in [0.15, 0.2) is 116 Å². The summed E-state index contributed by atoms with van der Waals surface area (Å²) in [6.07, 6.45) is 31.1. The number of hydrogen-bond acceptors (Lipinski definition) is 6. The molecule has 12 atom stereocenters. The van der Waals surface area contributed by atoms with E-state index in [0.717, 1.165) is 117 Å². The van der Waals surface area contributed by atoms with Gasteiger partial charge in [0, 0.05) is 38.1 Å². The lowest BCUT2D eigenvalue weighted by Gasteiger charge is -2.70. The molecule has 0 bridgehead atoms. The summed E-state index contributed by atoms with van der Waals surface area (Å²) in [4.78, 5) is 51.0. The number of aliphatic hydroxyl groups is 1. The molecule has 0 saturated heterocycles. The third-order valence-electron chi connectivity index (χ3n) is 24.1. The smallest absolute Gasteiger partial charge is 0.223 e. The summed E-state index contributed by atoms with van der Waals surface area (Å²) in [5, 5.41) is 11.3. The highest BCUT2D eigenvalue weighted by Gasteiger charge is 2.69. The molecule has 77 heavy (non-hydrogen) atoms. The Hall–Kier alpha value is -4.24. The van der Waals surface area contributed by atoms with Crippen molar-refractivity contribution in [3.05, 3.63) is 116 Å². The molecule has 10 aliphatic rings. The Bertz CT molecular complexity index is 2890.